The van der Waals surface area contributed by atoms with Crippen molar-refractivity contribution in [2.24, 2.45) is 11.8 Å². The van der Waals surface area contributed by atoms with E-state index in [1.54, 1.807) is 6.20 Å². The fourth-order valence-electron chi connectivity index (χ4n) is 4.51. The van der Waals surface area contributed by atoms with Crippen LogP contribution >= 0.6 is 0 Å². The Labute approximate surface area is 160 Å². The summed E-state index contributed by atoms with van der Waals surface area (Å²) in [5.74, 6) is 0.901. The molecule has 2 N–H and O–H groups in total. The SMILES string of the molecule is C[C@@H]1[C@@H](NC(=O)OCc2ccccc2)c2ncccc2N[C@H]1C1CCCC1. The van der Waals surface area contributed by atoms with Gasteiger partial charge in [-0.2, -0.15) is 0 Å². The predicted molar refractivity (Wildman–Crippen MR) is 105 cm³/mol. The van der Waals surface area contributed by atoms with Gasteiger partial charge in [0.05, 0.1) is 17.4 Å². The van der Waals surface area contributed by atoms with Gasteiger partial charge in [-0.05, 0) is 36.5 Å². The Morgan fingerprint density at radius 2 is 1.96 bits per heavy atom. The largest absolute Gasteiger partial charge is 0.445 e. The third-order valence-corrected chi connectivity index (χ3v) is 5.94. The zero-order valence-electron chi connectivity index (χ0n) is 15.7. The summed E-state index contributed by atoms with van der Waals surface area (Å²) in [7, 11) is 0. The lowest BCUT2D eigenvalue weighted by atomic mass is 9.79. The molecule has 2 heterocycles. The van der Waals surface area contributed by atoms with Crippen LogP contribution in [0.3, 0.4) is 0 Å². The third kappa shape index (κ3) is 3.92. The van der Waals surface area contributed by atoms with E-state index in [0.717, 1.165) is 16.9 Å². The highest BCUT2D eigenvalue weighted by Crippen LogP contribution is 2.41. The first kappa shape index (κ1) is 17.8. The highest BCUT2D eigenvalue weighted by Gasteiger charge is 2.40. The molecule has 3 atom stereocenters. The summed E-state index contributed by atoms with van der Waals surface area (Å²) in [6, 6.07) is 13.9. The van der Waals surface area contributed by atoms with Crippen molar-refractivity contribution >= 4 is 11.8 Å². The summed E-state index contributed by atoms with van der Waals surface area (Å²) in [6.45, 7) is 2.48. The molecule has 27 heavy (non-hydrogen) atoms. The van der Waals surface area contributed by atoms with Crippen molar-refractivity contribution in [1.29, 1.82) is 0 Å². The Hall–Kier alpha value is -2.56. The van der Waals surface area contributed by atoms with E-state index >= 15 is 0 Å². The minimum atomic E-state index is -0.389. The fourth-order valence-corrected chi connectivity index (χ4v) is 4.51. The number of carbonyl (C=O) groups is 1. The molecule has 1 aliphatic heterocycles. The average Bonchev–Trinajstić information content (AvgIpc) is 3.24. The molecule has 1 saturated carbocycles. The van der Waals surface area contributed by atoms with Crippen molar-refractivity contribution in [3.05, 3.63) is 59.9 Å². The molecule has 5 nitrogen and oxygen atoms in total. The van der Waals surface area contributed by atoms with Gasteiger partial charge < -0.3 is 15.4 Å². The molecular weight excluding hydrogens is 338 g/mol. The Bertz CT molecular complexity index is 774. The molecule has 1 aliphatic carbocycles. The lowest BCUT2D eigenvalue weighted by molar-refractivity contribution is 0.128. The first-order valence-corrected chi connectivity index (χ1v) is 9.91. The van der Waals surface area contributed by atoms with Crippen LogP contribution in [0.4, 0.5) is 10.5 Å². The number of anilines is 1. The molecule has 2 aliphatic rings. The van der Waals surface area contributed by atoms with Crippen LogP contribution in [0.2, 0.25) is 0 Å². The maximum absolute atomic E-state index is 12.5. The van der Waals surface area contributed by atoms with Crippen molar-refractivity contribution in [1.82, 2.24) is 10.3 Å². The predicted octanol–water partition coefficient (Wildman–Crippen LogP) is 4.67. The monoisotopic (exact) mass is 365 g/mol. The summed E-state index contributed by atoms with van der Waals surface area (Å²) in [6.07, 6.45) is 6.50. The van der Waals surface area contributed by atoms with Crippen LogP contribution in [0.5, 0.6) is 0 Å². The van der Waals surface area contributed by atoms with Gasteiger partial charge in [-0.1, -0.05) is 50.1 Å². The average molecular weight is 365 g/mol. The van der Waals surface area contributed by atoms with E-state index in [1.807, 2.05) is 36.4 Å². The number of alkyl carbamates (subject to hydrolysis) is 1. The molecule has 0 spiro atoms. The summed E-state index contributed by atoms with van der Waals surface area (Å²) >= 11 is 0. The lowest BCUT2D eigenvalue weighted by Crippen LogP contribution is -2.47. The number of rotatable bonds is 4. The van der Waals surface area contributed by atoms with Crippen LogP contribution in [-0.4, -0.2) is 17.1 Å². The zero-order valence-corrected chi connectivity index (χ0v) is 15.7. The number of fused-ring (bicyclic) bond motifs is 1. The Morgan fingerprint density at radius 1 is 1.19 bits per heavy atom. The topological polar surface area (TPSA) is 63.2 Å². The number of hydrogen-bond acceptors (Lipinski definition) is 4. The number of ether oxygens (including phenoxy) is 1. The van der Waals surface area contributed by atoms with Gasteiger partial charge in [-0.25, -0.2) is 4.79 Å². The molecule has 2 aromatic rings. The summed E-state index contributed by atoms with van der Waals surface area (Å²) in [5, 5.41) is 6.78. The van der Waals surface area contributed by atoms with Gasteiger partial charge in [0.2, 0.25) is 0 Å². The maximum atomic E-state index is 12.5. The molecule has 4 rings (SSSR count). The summed E-state index contributed by atoms with van der Waals surface area (Å²) in [4.78, 5) is 17.0. The van der Waals surface area contributed by atoms with Gasteiger partial charge in [-0.15, -0.1) is 0 Å². The van der Waals surface area contributed by atoms with E-state index < -0.39 is 0 Å². The number of amides is 1. The lowest BCUT2D eigenvalue weighted by Gasteiger charge is -2.41. The smallest absolute Gasteiger partial charge is 0.408 e. The van der Waals surface area contributed by atoms with Crippen molar-refractivity contribution in [3.63, 3.8) is 0 Å². The normalized spacial score (nSPS) is 24.7. The van der Waals surface area contributed by atoms with Crippen LogP contribution in [0.1, 0.15) is 49.9 Å². The number of carbonyl (C=O) groups excluding carboxylic acids is 1. The van der Waals surface area contributed by atoms with Crippen LogP contribution in [0.15, 0.2) is 48.7 Å². The van der Waals surface area contributed by atoms with Gasteiger partial charge in [0.1, 0.15) is 6.61 Å². The molecule has 0 radical (unpaired) electrons. The minimum Gasteiger partial charge on any atom is -0.445 e. The highest BCUT2D eigenvalue weighted by molar-refractivity contribution is 5.69. The fraction of sp³-hybridized carbons (Fsp3) is 0.455. The van der Waals surface area contributed by atoms with Crippen molar-refractivity contribution in [2.45, 2.75) is 51.3 Å². The second kappa shape index (κ2) is 7.99. The molecule has 1 aromatic carbocycles. The third-order valence-electron chi connectivity index (χ3n) is 5.94. The molecule has 1 amide bonds. The number of hydrogen-bond donors (Lipinski definition) is 2. The molecule has 1 aromatic heterocycles. The maximum Gasteiger partial charge on any atom is 0.408 e. The molecule has 0 unspecified atom stereocenters. The summed E-state index contributed by atoms with van der Waals surface area (Å²) < 4.78 is 5.46. The van der Waals surface area contributed by atoms with Crippen molar-refractivity contribution in [3.8, 4) is 0 Å². The molecule has 5 heteroatoms. The van der Waals surface area contributed by atoms with Crippen LogP contribution in [0.25, 0.3) is 0 Å². The van der Waals surface area contributed by atoms with Crippen molar-refractivity contribution in [2.75, 3.05) is 5.32 Å². The molecule has 142 valence electrons. The zero-order chi connectivity index (χ0) is 18.6. The van der Waals surface area contributed by atoms with E-state index in [0.29, 0.717) is 12.0 Å². The Kier molecular flexibility index (Phi) is 5.28. The molecule has 1 fully saturated rings. The standard InChI is InChI=1S/C22H27N3O2/c1-15-19(17-10-5-6-11-17)24-18-12-7-13-23-21(18)20(15)25-22(26)27-14-16-8-3-2-4-9-16/h2-4,7-9,12-13,15,17,19-20,24H,5-6,10-11,14H2,1H3,(H,25,26)/t15-,19+,20+/m0/s1. The minimum absolute atomic E-state index is 0.142. The summed E-state index contributed by atoms with van der Waals surface area (Å²) in [5.41, 5.74) is 2.91. The molecule has 0 bridgehead atoms. The quantitative estimate of drug-likeness (QED) is 0.826. The van der Waals surface area contributed by atoms with Crippen LogP contribution in [0, 0.1) is 11.8 Å². The Balaban J connectivity index is 1.48. The van der Waals surface area contributed by atoms with Crippen molar-refractivity contribution < 1.29 is 9.53 Å². The first-order valence-electron chi connectivity index (χ1n) is 9.91. The number of pyridine rings is 1. The van der Waals surface area contributed by atoms with Gasteiger partial charge in [0.15, 0.2) is 0 Å². The number of benzene rings is 1. The first-order chi connectivity index (χ1) is 13.2. The second-order valence-corrected chi connectivity index (χ2v) is 7.69. The van der Waals surface area contributed by atoms with E-state index in [1.165, 1.54) is 25.7 Å². The highest BCUT2D eigenvalue weighted by atomic mass is 16.5. The Morgan fingerprint density at radius 3 is 2.74 bits per heavy atom. The van der Waals surface area contributed by atoms with E-state index in [9.17, 15) is 4.79 Å². The molecule has 0 saturated heterocycles. The number of nitrogens with one attached hydrogen (secondary N) is 2. The van der Waals surface area contributed by atoms with Gasteiger partial charge in [0, 0.05) is 18.2 Å². The number of aromatic nitrogens is 1. The van der Waals surface area contributed by atoms with Gasteiger partial charge in [-0.3, -0.25) is 4.98 Å². The second-order valence-electron chi connectivity index (χ2n) is 7.69. The van der Waals surface area contributed by atoms with E-state index in [-0.39, 0.29) is 24.7 Å². The van der Waals surface area contributed by atoms with E-state index in [2.05, 4.69) is 28.6 Å². The van der Waals surface area contributed by atoms with Crippen LogP contribution < -0.4 is 10.6 Å². The molecular formula is C22H27N3O2. The van der Waals surface area contributed by atoms with Crippen LogP contribution in [-0.2, 0) is 11.3 Å². The van der Waals surface area contributed by atoms with E-state index in [4.69, 9.17) is 4.74 Å². The van der Waals surface area contributed by atoms with Gasteiger partial charge in [0.25, 0.3) is 0 Å². The number of nitrogens with zero attached hydrogens (tertiary/aromatic N) is 1. The van der Waals surface area contributed by atoms with Gasteiger partial charge >= 0.3 is 6.09 Å².